The molecular weight excluding hydrogens is 428 g/mol. The Morgan fingerprint density at radius 2 is 1.74 bits per heavy atom. The van der Waals surface area contributed by atoms with Gasteiger partial charge in [-0.3, -0.25) is 9.59 Å². The number of para-hydroxylation sites is 1. The first-order chi connectivity index (χ1) is 16.6. The summed E-state index contributed by atoms with van der Waals surface area (Å²) in [4.78, 5) is 27.0. The average Bonchev–Trinajstić information content (AvgIpc) is 3.24. The third-order valence-electron chi connectivity index (χ3n) is 6.63. The van der Waals surface area contributed by atoms with Gasteiger partial charge >= 0.3 is 0 Å². The molecule has 1 N–H and O–H groups in total. The second-order valence-electron chi connectivity index (χ2n) is 8.76. The summed E-state index contributed by atoms with van der Waals surface area (Å²) < 4.78 is 11.9. The van der Waals surface area contributed by atoms with Gasteiger partial charge in [0, 0.05) is 42.9 Å². The summed E-state index contributed by atoms with van der Waals surface area (Å²) in [5.74, 6) is 0.466. The minimum Gasteiger partial charge on any atom is -0.440 e. The number of carbonyl (C=O) groups excluding carboxylic acids is 1. The van der Waals surface area contributed by atoms with Gasteiger partial charge in [0.15, 0.2) is 11.3 Å². The standard InChI is InChI=1S/C28H24N2O4/c1-17(31)29-24-10-9-20(23-15-18-5-2-3-6-19(18)27(23)24)21-7-4-8-22-25(32)16-26(34-28(21)22)30-11-13-33-14-12-30/h2-10,16H,11-15H2,1H3,(H,29,31). The molecule has 3 aromatic carbocycles. The fourth-order valence-electron chi connectivity index (χ4n) is 5.11. The zero-order valence-electron chi connectivity index (χ0n) is 18.9. The topological polar surface area (TPSA) is 71.8 Å². The molecule has 0 unspecified atom stereocenters. The molecule has 0 radical (unpaired) electrons. The maximum atomic E-state index is 13.0. The van der Waals surface area contributed by atoms with E-state index in [1.807, 2.05) is 42.5 Å². The van der Waals surface area contributed by atoms with E-state index >= 15 is 0 Å². The van der Waals surface area contributed by atoms with Crippen LogP contribution in [0.5, 0.6) is 0 Å². The van der Waals surface area contributed by atoms with E-state index in [1.165, 1.54) is 12.5 Å². The number of nitrogens with zero attached hydrogens (tertiary/aromatic N) is 1. The first-order valence-electron chi connectivity index (χ1n) is 11.5. The van der Waals surface area contributed by atoms with Gasteiger partial charge < -0.3 is 19.4 Å². The molecule has 0 atom stereocenters. The fourth-order valence-corrected chi connectivity index (χ4v) is 5.11. The van der Waals surface area contributed by atoms with Crippen LogP contribution in [-0.4, -0.2) is 32.2 Å². The number of ether oxygens (including phenoxy) is 1. The van der Waals surface area contributed by atoms with Crippen molar-refractivity contribution in [2.45, 2.75) is 13.3 Å². The molecule has 1 aromatic heterocycles. The Balaban J connectivity index is 1.57. The van der Waals surface area contributed by atoms with Gasteiger partial charge in [0.25, 0.3) is 0 Å². The Labute approximate surface area is 196 Å². The summed E-state index contributed by atoms with van der Waals surface area (Å²) in [6.45, 7) is 4.12. The van der Waals surface area contributed by atoms with Gasteiger partial charge in [-0.2, -0.15) is 0 Å². The summed E-state index contributed by atoms with van der Waals surface area (Å²) in [5, 5.41) is 3.55. The lowest BCUT2D eigenvalue weighted by Gasteiger charge is -2.27. The summed E-state index contributed by atoms with van der Waals surface area (Å²) >= 11 is 0. The highest BCUT2D eigenvalue weighted by Gasteiger charge is 2.26. The van der Waals surface area contributed by atoms with Crippen LogP contribution in [0.3, 0.4) is 0 Å². The number of rotatable bonds is 3. The number of amides is 1. The third-order valence-corrected chi connectivity index (χ3v) is 6.63. The van der Waals surface area contributed by atoms with Crippen molar-refractivity contribution in [2.24, 2.45) is 0 Å². The van der Waals surface area contributed by atoms with Gasteiger partial charge in [-0.15, -0.1) is 0 Å². The van der Waals surface area contributed by atoms with Crippen molar-refractivity contribution < 1.29 is 13.9 Å². The van der Waals surface area contributed by atoms with Gasteiger partial charge in [0.1, 0.15) is 5.58 Å². The second-order valence-corrected chi connectivity index (χ2v) is 8.76. The Morgan fingerprint density at radius 1 is 0.941 bits per heavy atom. The molecule has 0 saturated carbocycles. The zero-order valence-corrected chi connectivity index (χ0v) is 18.9. The van der Waals surface area contributed by atoms with Crippen molar-refractivity contribution in [2.75, 3.05) is 36.5 Å². The van der Waals surface area contributed by atoms with Crippen LogP contribution in [0, 0.1) is 0 Å². The fraction of sp³-hybridized carbons (Fsp3) is 0.214. The largest absolute Gasteiger partial charge is 0.440 e. The maximum absolute atomic E-state index is 13.0. The molecule has 6 nitrogen and oxygen atoms in total. The van der Waals surface area contributed by atoms with E-state index in [0.29, 0.717) is 43.2 Å². The Morgan fingerprint density at radius 3 is 2.56 bits per heavy atom. The number of nitrogens with one attached hydrogen (secondary N) is 1. The van der Waals surface area contributed by atoms with E-state index in [0.717, 1.165) is 39.9 Å². The quantitative estimate of drug-likeness (QED) is 0.425. The van der Waals surface area contributed by atoms with Gasteiger partial charge in [0.2, 0.25) is 5.91 Å². The van der Waals surface area contributed by atoms with Crippen LogP contribution in [0.2, 0.25) is 0 Å². The van der Waals surface area contributed by atoms with Crippen molar-refractivity contribution >= 4 is 28.4 Å². The summed E-state index contributed by atoms with van der Waals surface area (Å²) in [6.07, 6.45) is 0.748. The van der Waals surface area contributed by atoms with Crippen molar-refractivity contribution in [3.05, 3.63) is 82.0 Å². The summed E-state index contributed by atoms with van der Waals surface area (Å²) in [5.41, 5.74) is 7.71. The maximum Gasteiger partial charge on any atom is 0.221 e. The number of morpholine rings is 1. The lowest BCUT2D eigenvalue weighted by atomic mass is 9.93. The predicted molar refractivity (Wildman–Crippen MR) is 133 cm³/mol. The highest BCUT2D eigenvalue weighted by molar-refractivity contribution is 6.02. The first kappa shape index (κ1) is 20.7. The van der Waals surface area contributed by atoms with Crippen LogP contribution < -0.4 is 15.6 Å². The minimum absolute atomic E-state index is 0.0561. The van der Waals surface area contributed by atoms with Crippen molar-refractivity contribution in [1.82, 2.24) is 0 Å². The zero-order chi connectivity index (χ0) is 23.2. The number of hydrogen-bond donors (Lipinski definition) is 1. The van der Waals surface area contributed by atoms with Crippen LogP contribution in [0.15, 0.2) is 69.9 Å². The van der Waals surface area contributed by atoms with Crippen molar-refractivity contribution in [1.29, 1.82) is 0 Å². The van der Waals surface area contributed by atoms with Crippen LogP contribution in [0.25, 0.3) is 33.2 Å². The van der Waals surface area contributed by atoms with E-state index in [1.54, 1.807) is 6.07 Å². The molecule has 4 aromatic rings. The molecule has 2 aliphatic rings. The highest BCUT2D eigenvalue weighted by Crippen LogP contribution is 2.46. The smallest absolute Gasteiger partial charge is 0.221 e. The van der Waals surface area contributed by atoms with Gasteiger partial charge in [-0.05, 0) is 40.8 Å². The normalized spacial score (nSPS) is 14.7. The van der Waals surface area contributed by atoms with Crippen LogP contribution >= 0.6 is 0 Å². The van der Waals surface area contributed by atoms with Crippen molar-refractivity contribution in [3.63, 3.8) is 0 Å². The predicted octanol–water partition coefficient (Wildman–Crippen LogP) is 4.83. The van der Waals surface area contributed by atoms with Crippen LogP contribution in [-0.2, 0) is 16.0 Å². The molecule has 1 aliphatic heterocycles. The first-order valence-corrected chi connectivity index (χ1v) is 11.5. The van der Waals surface area contributed by atoms with E-state index in [4.69, 9.17) is 9.15 Å². The summed E-state index contributed by atoms with van der Waals surface area (Å²) in [7, 11) is 0. The molecule has 2 heterocycles. The number of carbonyl (C=O) groups is 1. The lowest BCUT2D eigenvalue weighted by molar-refractivity contribution is -0.114. The Hall–Kier alpha value is -3.90. The summed E-state index contributed by atoms with van der Waals surface area (Å²) in [6, 6.07) is 19.5. The molecule has 34 heavy (non-hydrogen) atoms. The number of fused-ring (bicyclic) bond motifs is 4. The third kappa shape index (κ3) is 3.38. The molecule has 1 aliphatic carbocycles. The molecule has 0 spiro atoms. The lowest BCUT2D eigenvalue weighted by Crippen LogP contribution is -2.36. The van der Waals surface area contributed by atoms with Crippen molar-refractivity contribution in [3.8, 4) is 22.3 Å². The molecule has 170 valence electrons. The van der Waals surface area contributed by atoms with E-state index < -0.39 is 0 Å². The molecule has 1 fully saturated rings. The Kier molecular flexibility index (Phi) is 4.96. The molecule has 6 rings (SSSR count). The molecule has 1 saturated heterocycles. The SMILES string of the molecule is CC(=O)Nc1ccc(-c2cccc3c(=O)cc(N4CCOCC4)oc23)c2c1-c1ccccc1C2. The molecule has 0 bridgehead atoms. The monoisotopic (exact) mass is 452 g/mol. The van der Waals surface area contributed by atoms with E-state index in [9.17, 15) is 9.59 Å². The highest BCUT2D eigenvalue weighted by atomic mass is 16.5. The second kappa shape index (κ2) is 8.15. The molecule has 6 heteroatoms. The van der Waals surface area contributed by atoms with Gasteiger partial charge in [-0.1, -0.05) is 42.5 Å². The van der Waals surface area contributed by atoms with Crippen LogP contribution in [0.1, 0.15) is 18.1 Å². The minimum atomic E-state index is -0.106. The number of benzene rings is 3. The van der Waals surface area contributed by atoms with Gasteiger partial charge in [-0.25, -0.2) is 0 Å². The van der Waals surface area contributed by atoms with E-state index in [2.05, 4.69) is 22.3 Å². The molecular formula is C28H24N2O4. The Bertz CT molecular complexity index is 1500. The molecule has 1 amide bonds. The van der Waals surface area contributed by atoms with Crippen LogP contribution in [0.4, 0.5) is 11.6 Å². The van der Waals surface area contributed by atoms with E-state index in [-0.39, 0.29) is 11.3 Å². The average molecular weight is 453 g/mol. The number of hydrogen-bond acceptors (Lipinski definition) is 5. The van der Waals surface area contributed by atoms with Gasteiger partial charge in [0.05, 0.1) is 18.6 Å². The number of anilines is 2.